The van der Waals surface area contributed by atoms with Crippen LogP contribution in [0, 0.1) is 0 Å². The van der Waals surface area contributed by atoms with E-state index in [2.05, 4.69) is 62.4 Å². The number of carboxylic acids is 2. The zero-order valence-electron chi connectivity index (χ0n) is 41.1. The molecule has 0 heterocycles. The predicted molar refractivity (Wildman–Crippen MR) is 258 cm³/mol. The van der Waals surface area contributed by atoms with Gasteiger partial charge in [-0.25, -0.2) is 0 Å². The van der Waals surface area contributed by atoms with Crippen LogP contribution in [0.4, 0.5) is 0 Å². The predicted octanol–water partition coefficient (Wildman–Crippen LogP) is 11.1. The normalized spacial score (nSPS) is 12.7. The molecule has 0 aliphatic heterocycles. The molecule has 4 atom stereocenters. The summed E-state index contributed by atoms with van der Waals surface area (Å²) >= 11 is 0. The minimum absolute atomic E-state index is 0. The fourth-order valence-electron chi connectivity index (χ4n) is 7.90. The molecule has 2 aromatic rings. The molecule has 0 aliphatic rings. The number of aliphatic carboxylic acids is 2. The second kappa shape index (κ2) is 44.3. The maximum atomic E-state index is 11.2. The van der Waals surface area contributed by atoms with Gasteiger partial charge in [0.15, 0.2) is 0 Å². The number of carbonyl (C=O) groups is 4. The first-order valence-electron chi connectivity index (χ1n) is 25.1. The van der Waals surface area contributed by atoms with E-state index in [9.17, 15) is 29.4 Å². The topological polar surface area (TPSA) is 151 Å². The zero-order chi connectivity index (χ0) is 46.9. The summed E-state index contributed by atoms with van der Waals surface area (Å²) in [6, 6.07) is 20.7. The molecule has 0 amide bonds. The first kappa shape index (κ1) is 62.8. The largest absolute Gasteiger partial charge is 2.00 e. The summed E-state index contributed by atoms with van der Waals surface area (Å²) in [5.74, 6) is -2.90. The van der Waals surface area contributed by atoms with Gasteiger partial charge in [-0.15, -0.1) is 0 Å². The molecule has 65 heavy (non-hydrogen) atoms. The van der Waals surface area contributed by atoms with Crippen molar-refractivity contribution in [3.8, 4) is 0 Å². The molecule has 0 saturated carbocycles. The first-order chi connectivity index (χ1) is 31.0. The molecule has 10 nitrogen and oxygen atoms in total. The zero-order valence-corrected chi connectivity index (χ0v) is 45.5. The summed E-state index contributed by atoms with van der Waals surface area (Å²) in [5.41, 5.74) is 2.46. The molecule has 0 saturated heterocycles. The molecule has 0 bridgehead atoms. The molecule has 2 rings (SSSR count). The average Bonchev–Trinajstić information content (AvgIpc) is 3.27. The van der Waals surface area contributed by atoms with Crippen LogP contribution in [0.15, 0.2) is 60.7 Å². The van der Waals surface area contributed by atoms with Gasteiger partial charge in [0.1, 0.15) is 12.2 Å². The number of carbonyl (C=O) groups excluding carboxylic acids is 4. The van der Waals surface area contributed by atoms with Crippen molar-refractivity contribution in [2.75, 3.05) is 0 Å². The van der Waals surface area contributed by atoms with Gasteiger partial charge in [0.05, 0.1) is 25.4 Å². The number of rotatable bonds is 40. The van der Waals surface area contributed by atoms with Crippen molar-refractivity contribution < 1.29 is 48.3 Å². The van der Waals surface area contributed by atoms with E-state index in [1.807, 2.05) is 12.1 Å². The second-order valence-corrected chi connectivity index (χ2v) is 17.5. The van der Waals surface area contributed by atoms with E-state index in [0.717, 1.165) is 89.9 Å². The molecule has 0 aromatic heterocycles. The van der Waals surface area contributed by atoms with Crippen molar-refractivity contribution in [1.82, 2.24) is 0 Å². The molecular weight excluding hydrogens is 946 g/mol. The monoisotopic (exact) mass is 1030 g/mol. The summed E-state index contributed by atoms with van der Waals surface area (Å²) in [4.78, 5) is 43.7. The average molecular weight is 1030 g/mol. The Labute approximate surface area is 434 Å². The Morgan fingerprint density at radius 3 is 0.969 bits per heavy atom. The number of ether oxygens (including phenoxy) is 4. The van der Waals surface area contributed by atoms with E-state index in [0.29, 0.717) is 51.1 Å². The van der Waals surface area contributed by atoms with E-state index in [-0.39, 0.29) is 85.9 Å². The van der Waals surface area contributed by atoms with Crippen molar-refractivity contribution in [2.45, 2.75) is 245 Å². The number of esters is 2. The van der Waals surface area contributed by atoms with Crippen molar-refractivity contribution >= 4 is 72.8 Å². The summed E-state index contributed by atoms with van der Waals surface area (Å²) in [5, 5.41) is 21.3. The van der Waals surface area contributed by atoms with Gasteiger partial charge >= 0.3 is 60.8 Å². The number of hydrogen-bond donors (Lipinski definition) is 0. The molecule has 0 spiro atoms. The van der Waals surface area contributed by atoms with E-state index in [1.165, 1.54) is 76.3 Å². The third kappa shape index (κ3) is 40.6. The first-order valence-corrected chi connectivity index (χ1v) is 25.1. The van der Waals surface area contributed by atoms with Crippen molar-refractivity contribution in [3.05, 3.63) is 71.8 Å². The number of benzene rings is 2. The molecule has 0 N–H and O–H groups in total. The van der Waals surface area contributed by atoms with Gasteiger partial charge in [-0.2, -0.15) is 0 Å². The Morgan fingerprint density at radius 2 is 0.692 bits per heavy atom. The molecular formula is C54H86BaO10. The quantitative estimate of drug-likeness (QED) is 0.0358. The second-order valence-electron chi connectivity index (χ2n) is 17.5. The SMILES string of the molecule is CCCCCCC(CCCCCCCC(CCC(=O)[O-])OC(C)=O)OCc1ccccc1.CCCCCCC(CCCCCCCC(CCC(=O)[O-])OC(C)=O)OCc1ccccc1.[Ba+2]. The van der Waals surface area contributed by atoms with Crippen LogP contribution in [-0.2, 0) is 51.3 Å². The molecule has 4 unspecified atom stereocenters. The summed E-state index contributed by atoms with van der Waals surface area (Å²) < 4.78 is 23.0. The van der Waals surface area contributed by atoms with Crippen LogP contribution in [0.3, 0.4) is 0 Å². The van der Waals surface area contributed by atoms with Gasteiger partial charge in [-0.3, -0.25) is 9.59 Å². The minimum Gasteiger partial charge on any atom is -0.550 e. The fourth-order valence-corrected chi connectivity index (χ4v) is 7.90. The molecule has 0 aliphatic carbocycles. The van der Waals surface area contributed by atoms with E-state index < -0.39 is 11.9 Å². The Kier molecular flexibility index (Phi) is 42.8. The van der Waals surface area contributed by atoms with Gasteiger partial charge in [-0.1, -0.05) is 177 Å². The Morgan fingerprint density at radius 1 is 0.415 bits per heavy atom. The minimum atomic E-state index is -1.10. The molecule has 364 valence electrons. The maximum absolute atomic E-state index is 11.2. The third-order valence-corrected chi connectivity index (χ3v) is 11.5. The van der Waals surface area contributed by atoms with Crippen molar-refractivity contribution in [1.29, 1.82) is 0 Å². The van der Waals surface area contributed by atoms with Crippen LogP contribution < -0.4 is 10.2 Å². The fraction of sp³-hybridized carbons (Fsp3) is 0.704. The van der Waals surface area contributed by atoms with E-state index in [1.54, 1.807) is 0 Å². The smallest absolute Gasteiger partial charge is 0.550 e. The summed E-state index contributed by atoms with van der Waals surface area (Å²) in [6.45, 7) is 8.57. The molecule has 2 aromatic carbocycles. The summed E-state index contributed by atoms with van der Waals surface area (Å²) in [7, 11) is 0. The Bertz CT molecular complexity index is 1320. The number of unbranched alkanes of at least 4 members (excludes halogenated alkanes) is 14. The van der Waals surface area contributed by atoms with Gasteiger partial charge in [0.2, 0.25) is 0 Å². The third-order valence-electron chi connectivity index (χ3n) is 11.5. The summed E-state index contributed by atoms with van der Waals surface area (Å²) in [6.07, 6.45) is 27.5. The Balaban J connectivity index is 0.00000124. The van der Waals surface area contributed by atoms with Gasteiger partial charge in [-0.05, 0) is 88.2 Å². The van der Waals surface area contributed by atoms with E-state index >= 15 is 0 Å². The molecule has 0 radical (unpaired) electrons. The maximum Gasteiger partial charge on any atom is 2.00 e. The van der Waals surface area contributed by atoms with Crippen LogP contribution in [0.25, 0.3) is 0 Å². The van der Waals surface area contributed by atoms with Crippen LogP contribution >= 0.6 is 0 Å². The van der Waals surface area contributed by atoms with Crippen LogP contribution in [-0.4, -0.2) is 97.2 Å². The van der Waals surface area contributed by atoms with Crippen LogP contribution in [0.5, 0.6) is 0 Å². The van der Waals surface area contributed by atoms with Gasteiger partial charge in [0.25, 0.3) is 0 Å². The van der Waals surface area contributed by atoms with Crippen molar-refractivity contribution in [3.63, 3.8) is 0 Å². The standard InChI is InChI=1S/2C27H44O5.Ba/c2*1-3-4-5-12-17-25(31-22-24-15-10-9-11-16-24)18-13-7-6-8-14-19-26(32-23(2)28)20-21-27(29)30;/h2*9-11,15-16,25-26H,3-8,12-14,17-22H2,1-2H3,(H,29,30);/q;;+2/p-2. The molecule has 0 fully saturated rings. The van der Waals surface area contributed by atoms with E-state index in [4.69, 9.17) is 18.9 Å². The van der Waals surface area contributed by atoms with Gasteiger partial charge in [0, 0.05) is 25.8 Å². The van der Waals surface area contributed by atoms with Crippen molar-refractivity contribution in [2.24, 2.45) is 0 Å². The van der Waals surface area contributed by atoms with Gasteiger partial charge < -0.3 is 38.7 Å². The number of hydrogen-bond acceptors (Lipinski definition) is 10. The number of carboxylic acid groups (broad SMARTS) is 2. The van der Waals surface area contributed by atoms with Crippen LogP contribution in [0.2, 0.25) is 0 Å². The van der Waals surface area contributed by atoms with Crippen LogP contribution in [0.1, 0.15) is 219 Å². The molecule has 11 heteroatoms. The Hall–Kier alpha value is -2.19.